The summed E-state index contributed by atoms with van der Waals surface area (Å²) in [6.45, 7) is 3.85. The molecule has 0 aromatic rings. The highest BCUT2D eigenvalue weighted by atomic mass is 16.8. The van der Waals surface area contributed by atoms with Crippen LogP contribution in [-0.2, 0) is 23.7 Å². The molecule has 3 rings (SSSR count). The number of aliphatic hydroxyl groups is 1. The van der Waals surface area contributed by atoms with Gasteiger partial charge in [-0.25, -0.2) is 0 Å². The first-order chi connectivity index (χ1) is 10.3. The Morgan fingerprint density at radius 3 is 2.86 bits per heavy atom. The molecule has 1 N–H and O–H groups in total. The lowest BCUT2D eigenvalue weighted by atomic mass is 10.0. The highest BCUT2D eigenvalue weighted by Gasteiger charge is 2.52. The molecule has 3 fully saturated rings. The molecule has 0 spiro atoms. The number of hydrogen-bond acceptors (Lipinski definition) is 6. The van der Waals surface area contributed by atoms with E-state index in [0.29, 0.717) is 19.8 Å². The van der Waals surface area contributed by atoms with E-state index in [0.717, 1.165) is 32.1 Å². The molecular weight excluding hydrogens is 276 g/mol. The number of fused-ring (bicyclic) bond motifs is 2. The molecule has 0 amide bonds. The van der Waals surface area contributed by atoms with Gasteiger partial charge < -0.3 is 28.8 Å². The van der Waals surface area contributed by atoms with E-state index in [9.17, 15) is 5.11 Å². The van der Waals surface area contributed by atoms with Crippen LogP contribution in [-0.4, -0.2) is 61.9 Å². The maximum atomic E-state index is 10.6. The minimum atomic E-state index is -0.737. The second-order valence-corrected chi connectivity index (χ2v) is 5.95. The lowest BCUT2D eigenvalue weighted by molar-refractivity contribution is -0.286. The van der Waals surface area contributed by atoms with Gasteiger partial charge in [-0.1, -0.05) is 13.3 Å². The molecule has 6 nitrogen and oxygen atoms in total. The average Bonchev–Trinajstić information content (AvgIpc) is 2.94. The van der Waals surface area contributed by atoms with E-state index in [4.69, 9.17) is 23.7 Å². The molecule has 0 aromatic heterocycles. The summed E-state index contributed by atoms with van der Waals surface area (Å²) in [5.41, 5.74) is 0. The number of rotatable bonds is 6. The van der Waals surface area contributed by atoms with Crippen molar-refractivity contribution in [3.63, 3.8) is 0 Å². The zero-order valence-corrected chi connectivity index (χ0v) is 12.6. The lowest BCUT2D eigenvalue weighted by Crippen LogP contribution is -2.57. The van der Waals surface area contributed by atoms with Crippen molar-refractivity contribution >= 4 is 0 Å². The van der Waals surface area contributed by atoms with Crippen molar-refractivity contribution in [2.24, 2.45) is 0 Å². The van der Waals surface area contributed by atoms with E-state index >= 15 is 0 Å². The van der Waals surface area contributed by atoms with Crippen LogP contribution in [0.5, 0.6) is 0 Å². The number of unbranched alkanes of at least 4 members (excludes halogenated alkanes) is 1. The summed E-state index contributed by atoms with van der Waals surface area (Å²) in [4.78, 5) is 0. The van der Waals surface area contributed by atoms with Crippen LogP contribution in [0, 0.1) is 0 Å². The van der Waals surface area contributed by atoms with Gasteiger partial charge in [-0.2, -0.15) is 0 Å². The summed E-state index contributed by atoms with van der Waals surface area (Å²) in [5.74, 6) is 0. The largest absolute Gasteiger partial charge is 0.387 e. The summed E-state index contributed by atoms with van der Waals surface area (Å²) in [5, 5.41) is 10.6. The quantitative estimate of drug-likeness (QED) is 0.744. The summed E-state index contributed by atoms with van der Waals surface area (Å²) >= 11 is 0. The second kappa shape index (κ2) is 7.35. The molecule has 0 saturated carbocycles. The number of ether oxygens (including phenoxy) is 5. The molecule has 21 heavy (non-hydrogen) atoms. The van der Waals surface area contributed by atoms with Crippen LogP contribution in [0.15, 0.2) is 0 Å². The van der Waals surface area contributed by atoms with Gasteiger partial charge in [0.05, 0.1) is 6.61 Å². The van der Waals surface area contributed by atoms with Gasteiger partial charge in [-0.15, -0.1) is 0 Å². The molecule has 6 atom stereocenters. The molecule has 3 saturated heterocycles. The Kier molecular flexibility index (Phi) is 5.48. The molecule has 3 aliphatic rings. The fourth-order valence-electron chi connectivity index (χ4n) is 3.06. The van der Waals surface area contributed by atoms with Crippen molar-refractivity contribution < 1.29 is 28.8 Å². The molecular formula is C15H26O6. The van der Waals surface area contributed by atoms with Gasteiger partial charge in [-0.05, 0) is 25.7 Å². The Morgan fingerprint density at radius 2 is 2.10 bits per heavy atom. The second-order valence-electron chi connectivity index (χ2n) is 5.95. The Morgan fingerprint density at radius 1 is 1.19 bits per heavy atom. The van der Waals surface area contributed by atoms with E-state index in [1.54, 1.807) is 0 Å². The summed E-state index contributed by atoms with van der Waals surface area (Å²) in [7, 11) is 0. The summed E-state index contributed by atoms with van der Waals surface area (Å²) in [6.07, 6.45) is 2.40. The molecule has 2 bridgehead atoms. The number of hydrogen-bond donors (Lipinski definition) is 1. The van der Waals surface area contributed by atoms with Crippen molar-refractivity contribution in [1.82, 2.24) is 0 Å². The SMILES string of the molecule is CCCCO[C@H]1[C@@H]2OC[C@@H](O2)[C@@H](OC2CCCCO2)[C@@H]1O. The smallest absolute Gasteiger partial charge is 0.187 e. The minimum absolute atomic E-state index is 0.235. The zero-order valence-electron chi connectivity index (χ0n) is 12.6. The third kappa shape index (κ3) is 3.57. The van der Waals surface area contributed by atoms with Crippen molar-refractivity contribution in [3.8, 4) is 0 Å². The van der Waals surface area contributed by atoms with Crippen molar-refractivity contribution in [3.05, 3.63) is 0 Å². The third-order valence-electron chi connectivity index (χ3n) is 4.30. The van der Waals surface area contributed by atoms with Gasteiger partial charge in [0.15, 0.2) is 12.6 Å². The molecule has 1 unspecified atom stereocenters. The minimum Gasteiger partial charge on any atom is -0.387 e. The predicted molar refractivity (Wildman–Crippen MR) is 73.7 cm³/mol. The zero-order chi connectivity index (χ0) is 14.7. The first kappa shape index (κ1) is 15.6. The molecule has 3 aliphatic heterocycles. The van der Waals surface area contributed by atoms with Gasteiger partial charge >= 0.3 is 0 Å². The Labute approximate surface area is 125 Å². The average molecular weight is 302 g/mol. The van der Waals surface area contributed by atoms with Gasteiger partial charge in [0, 0.05) is 13.2 Å². The van der Waals surface area contributed by atoms with Crippen LogP contribution >= 0.6 is 0 Å². The number of aliphatic hydroxyl groups excluding tert-OH is 1. The normalized spacial score (nSPS) is 43.1. The molecule has 0 aromatic carbocycles. The van der Waals surface area contributed by atoms with E-state index in [2.05, 4.69) is 6.92 Å². The van der Waals surface area contributed by atoms with E-state index in [1.165, 1.54) is 0 Å². The van der Waals surface area contributed by atoms with Gasteiger partial charge in [0.2, 0.25) is 0 Å². The molecule has 3 heterocycles. The van der Waals surface area contributed by atoms with Crippen LogP contribution in [0.25, 0.3) is 0 Å². The summed E-state index contributed by atoms with van der Waals surface area (Å²) in [6, 6.07) is 0. The van der Waals surface area contributed by atoms with Crippen molar-refractivity contribution in [2.75, 3.05) is 19.8 Å². The van der Waals surface area contributed by atoms with Crippen LogP contribution in [0.1, 0.15) is 39.0 Å². The highest BCUT2D eigenvalue weighted by Crippen LogP contribution is 2.33. The highest BCUT2D eigenvalue weighted by molar-refractivity contribution is 4.95. The molecule has 0 radical (unpaired) electrons. The van der Waals surface area contributed by atoms with Crippen LogP contribution in [0.3, 0.4) is 0 Å². The topological polar surface area (TPSA) is 66.4 Å². The first-order valence-corrected chi connectivity index (χ1v) is 8.13. The van der Waals surface area contributed by atoms with E-state index in [1.807, 2.05) is 0 Å². The van der Waals surface area contributed by atoms with E-state index in [-0.39, 0.29) is 12.4 Å². The van der Waals surface area contributed by atoms with Crippen LogP contribution in [0.4, 0.5) is 0 Å². The maximum Gasteiger partial charge on any atom is 0.187 e. The van der Waals surface area contributed by atoms with Crippen molar-refractivity contribution in [1.29, 1.82) is 0 Å². The maximum absolute atomic E-state index is 10.6. The third-order valence-corrected chi connectivity index (χ3v) is 4.30. The van der Waals surface area contributed by atoms with Gasteiger partial charge in [0.1, 0.15) is 24.4 Å². The van der Waals surface area contributed by atoms with E-state index < -0.39 is 24.6 Å². The van der Waals surface area contributed by atoms with Crippen LogP contribution in [0.2, 0.25) is 0 Å². The standard InChI is InChI=1S/C15H26O6/c1-2-3-7-18-14-12(16)13(10-9-19-15(14)20-10)21-11-6-4-5-8-17-11/h10-16H,2-9H2,1H3/t10-,11?,12+,13-,14-,15-/m1/s1. The van der Waals surface area contributed by atoms with Crippen LogP contribution < -0.4 is 0 Å². The lowest BCUT2D eigenvalue weighted by Gasteiger charge is -2.39. The fourth-order valence-corrected chi connectivity index (χ4v) is 3.06. The van der Waals surface area contributed by atoms with Gasteiger partial charge in [0.25, 0.3) is 0 Å². The first-order valence-electron chi connectivity index (χ1n) is 8.13. The summed E-state index contributed by atoms with van der Waals surface area (Å²) < 4.78 is 28.7. The molecule has 6 heteroatoms. The predicted octanol–water partition coefficient (Wildman–Crippen LogP) is 1.20. The monoisotopic (exact) mass is 302 g/mol. The Bertz CT molecular complexity index is 319. The Hall–Kier alpha value is -0.240. The molecule has 0 aliphatic carbocycles. The Balaban J connectivity index is 1.59. The fraction of sp³-hybridized carbons (Fsp3) is 1.00. The molecule has 122 valence electrons. The van der Waals surface area contributed by atoms with Crippen molar-refractivity contribution in [2.45, 2.75) is 76.0 Å². The van der Waals surface area contributed by atoms with Gasteiger partial charge in [-0.3, -0.25) is 0 Å².